The van der Waals surface area contributed by atoms with Gasteiger partial charge < -0.3 is 9.15 Å². The second-order valence-electron chi connectivity index (χ2n) is 6.73. The highest BCUT2D eigenvalue weighted by atomic mass is 16.5. The molecule has 0 aliphatic carbocycles. The van der Waals surface area contributed by atoms with Crippen molar-refractivity contribution in [2.75, 3.05) is 26.2 Å². The summed E-state index contributed by atoms with van der Waals surface area (Å²) < 4.78 is 11.4. The Labute approximate surface area is 159 Å². The summed E-state index contributed by atoms with van der Waals surface area (Å²) in [7, 11) is 0. The first-order valence-electron chi connectivity index (χ1n) is 9.33. The van der Waals surface area contributed by atoms with E-state index >= 15 is 0 Å². The molecule has 0 N–H and O–H groups in total. The molecule has 1 aromatic heterocycles. The Balaban J connectivity index is 1.22. The number of piperazine rings is 1. The van der Waals surface area contributed by atoms with Gasteiger partial charge in [0.2, 0.25) is 5.89 Å². The van der Waals surface area contributed by atoms with Gasteiger partial charge in [0, 0.05) is 32.7 Å². The van der Waals surface area contributed by atoms with E-state index in [1.807, 2.05) is 30.3 Å². The van der Waals surface area contributed by atoms with Crippen molar-refractivity contribution < 1.29 is 9.15 Å². The zero-order chi connectivity index (χ0) is 18.3. The summed E-state index contributed by atoms with van der Waals surface area (Å²) in [5.41, 5.74) is 1.37. The van der Waals surface area contributed by atoms with E-state index in [9.17, 15) is 0 Å². The molecule has 0 spiro atoms. The lowest BCUT2D eigenvalue weighted by Crippen LogP contribution is -2.45. The van der Waals surface area contributed by atoms with Crippen molar-refractivity contribution in [1.82, 2.24) is 20.0 Å². The minimum Gasteiger partial charge on any atom is -0.484 e. The van der Waals surface area contributed by atoms with Crippen LogP contribution in [0.3, 0.4) is 0 Å². The molecule has 2 aromatic carbocycles. The molecule has 1 aliphatic rings. The van der Waals surface area contributed by atoms with E-state index in [-0.39, 0.29) is 0 Å². The minimum absolute atomic E-state index is 0.294. The fourth-order valence-electron chi connectivity index (χ4n) is 3.21. The molecule has 0 saturated carbocycles. The van der Waals surface area contributed by atoms with Gasteiger partial charge >= 0.3 is 0 Å². The van der Waals surface area contributed by atoms with Crippen LogP contribution in [-0.2, 0) is 19.7 Å². The molecule has 0 bridgehead atoms. The molecule has 0 atom stereocenters. The number of para-hydroxylation sites is 1. The van der Waals surface area contributed by atoms with Crippen LogP contribution in [0.25, 0.3) is 0 Å². The molecule has 2 heterocycles. The molecule has 6 heteroatoms. The average Bonchev–Trinajstić information content (AvgIpc) is 3.17. The third-order valence-electron chi connectivity index (χ3n) is 4.69. The smallest absolute Gasteiger partial charge is 0.253 e. The van der Waals surface area contributed by atoms with Crippen molar-refractivity contribution in [3.63, 3.8) is 0 Å². The Morgan fingerprint density at radius 2 is 1.33 bits per heavy atom. The molecule has 140 valence electrons. The Bertz CT molecular complexity index is 814. The number of nitrogens with zero attached hydrogens (tertiary/aromatic N) is 4. The highest BCUT2D eigenvalue weighted by Crippen LogP contribution is 2.13. The van der Waals surface area contributed by atoms with Gasteiger partial charge in [0.15, 0.2) is 6.61 Å². The lowest BCUT2D eigenvalue weighted by molar-refractivity contribution is 0.113. The fraction of sp³-hybridized carbons (Fsp3) is 0.333. The molecule has 1 aliphatic heterocycles. The van der Waals surface area contributed by atoms with Crippen LogP contribution in [0.4, 0.5) is 0 Å². The lowest BCUT2D eigenvalue weighted by atomic mass is 10.2. The van der Waals surface area contributed by atoms with E-state index in [0.29, 0.717) is 24.9 Å². The van der Waals surface area contributed by atoms with E-state index in [0.717, 1.165) is 38.5 Å². The standard InChI is InChI=1S/C21H24N4O2/c1-3-7-18(8-4-1)15-24-11-13-25(14-12-24)16-20-22-23-21(27-20)17-26-19-9-5-2-6-10-19/h1-10H,11-17H2. The van der Waals surface area contributed by atoms with Crippen LogP contribution in [0.1, 0.15) is 17.3 Å². The van der Waals surface area contributed by atoms with Crippen molar-refractivity contribution in [2.24, 2.45) is 0 Å². The zero-order valence-corrected chi connectivity index (χ0v) is 15.3. The molecule has 27 heavy (non-hydrogen) atoms. The van der Waals surface area contributed by atoms with E-state index < -0.39 is 0 Å². The highest BCUT2D eigenvalue weighted by Gasteiger charge is 2.19. The maximum absolute atomic E-state index is 5.73. The zero-order valence-electron chi connectivity index (χ0n) is 15.3. The summed E-state index contributed by atoms with van der Waals surface area (Å²) in [5.74, 6) is 1.96. The first kappa shape index (κ1) is 17.7. The molecule has 4 rings (SSSR count). The quantitative estimate of drug-likeness (QED) is 0.642. The minimum atomic E-state index is 0.294. The van der Waals surface area contributed by atoms with E-state index in [4.69, 9.17) is 9.15 Å². The first-order valence-corrected chi connectivity index (χ1v) is 9.33. The second kappa shape index (κ2) is 8.79. The van der Waals surface area contributed by atoms with Gasteiger partial charge in [-0.15, -0.1) is 10.2 Å². The maximum Gasteiger partial charge on any atom is 0.253 e. The summed E-state index contributed by atoms with van der Waals surface area (Å²) in [4.78, 5) is 4.84. The van der Waals surface area contributed by atoms with Crippen molar-refractivity contribution in [3.8, 4) is 5.75 Å². The van der Waals surface area contributed by atoms with Crippen LogP contribution < -0.4 is 4.74 Å². The molecule has 1 fully saturated rings. The van der Waals surface area contributed by atoms with Gasteiger partial charge in [-0.1, -0.05) is 48.5 Å². The summed E-state index contributed by atoms with van der Waals surface area (Å²) in [6.45, 7) is 6.10. The van der Waals surface area contributed by atoms with Crippen molar-refractivity contribution in [3.05, 3.63) is 78.0 Å². The van der Waals surface area contributed by atoms with Gasteiger partial charge in [-0.3, -0.25) is 9.80 Å². The van der Waals surface area contributed by atoms with Crippen LogP contribution in [0, 0.1) is 0 Å². The van der Waals surface area contributed by atoms with E-state index in [1.54, 1.807) is 0 Å². The fourth-order valence-corrected chi connectivity index (χ4v) is 3.21. The number of hydrogen-bond acceptors (Lipinski definition) is 6. The number of benzene rings is 2. The number of aromatic nitrogens is 2. The summed E-state index contributed by atoms with van der Waals surface area (Å²) in [6.07, 6.45) is 0. The molecule has 0 amide bonds. The lowest BCUT2D eigenvalue weighted by Gasteiger charge is -2.33. The van der Waals surface area contributed by atoms with Gasteiger partial charge in [0.05, 0.1) is 6.54 Å². The molecule has 0 radical (unpaired) electrons. The topological polar surface area (TPSA) is 54.6 Å². The predicted molar refractivity (Wildman–Crippen MR) is 102 cm³/mol. The van der Waals surface area contributed by atoms with Gasteiger partial charge in [0.25, 0.3) is 5.89 Å². The third kappa shape index (κ3) is 5.15. The van der Waals surface area contributed by atoms with Crippen LogP contribution in [0.5, 0.6) is 5.75 Å². The van der Waals surface area contributed by atoms with E-state index in [2.05, 4.69) is 50.3 Å². The SMILES string of the molecule is c1ccc(CN2CCN(Cc3nnc(COc4ccccc4)o3)CC2)cc1. The van der Waals surface area contributed by atoms with Gasteiger partial charge in [-0.05, 0) is 17.7 Å². The number of ether oxygens (including phenoxy) is 1. The van der Waals surface area contributed by atoms with Crippen LogP contribution in [0.15, 0.2) is 65.1 Å². The van der Waals surface area contributed by atoms with Crippen molar-refractivity contribution in [1.29, 1.82) is 0 Å². The van der Waals surface area contributed by atoms with Gasteiger partial charge in [-0.2, -0.15) is 0 Å². The molecule has 0 unspecified atom stereocenters. The van der Waals surface area contributed by atoms with Gasteiger partial charge in [0.1, 0.15) is 5.75 Å². The van der Waals surface area contributed by atoms with Gasteiger partial charge in [-0.25, -0.2) is 0 Å². The third-order valence-corrected chi connectivity index (χ3v) is 4.69. The molecule has 6 nitrogen and oxygen atoms in total. The monoisotopic (exact) mass is 364 g/mol. The largest absolute Gasteiger partial charge is 0.484 e. The molecule has 1 saturated heterocycles. The highest BCUT2D eigenvalue weighted by molar-refractivity contribution is 5.20. The Morgan fingerprint density at radius 3 is 2.04 bits per heavy atom. The van der Waals surface area contributed by atoms with Crippen molar-refractivity contribution >= 4 is 0 Å². The van der Waals surface area contributed by atoms with Crippen LogP contribution in [-0.4, -0.2) is 46.2 Å². The Kier molecular flexibility index (Phi) is 5.76. The summed E-state index contributed by atoms with van der Waals surface area (Å²) in [6, 6.07) is 20.3. The normalized spacial score (nSPS) is 15.7. The molecular weight excluding hydrogens is 340 g/mol. The average molecular weight is 364 g/mol. The number of rotatable bonds is 7. The number of hydrogen-bond donors (Lipinski definition) is 0. The van der Waals surface area contributed by atoms with E-state index in [1.165, 1.54) is 5.56 Å². The molecular formula is C21H24N4O2. The Morgan fingerprint density at radius 1 is 0.741 bits per heavy atom. The maximum atomic E-state index is 5.73. The summed E-state index contributed by atoms with van der Waals surface area (Å²) >= 11 is 0. The molecule has 3 aromatic rings. The first-order chi connectivity index (χ1) is 13.3. The second-order valence-corrected chi connectivity index (χ2v) is 6.73. The predicted octanol–water partition coefficient (Wildman–Crippen LogP) is 2.97. The van der Waals surface area contributed by atoms with Crippen molar-refractivity contribution in [2.45, 2.75) is 19.7 Å². The van der Waals surface area contributed by atoms with Crippen LogP contribution >= 0.6 is 0 Å². The Hall–Kier alpha value is -2.70. The van der Waals surface area contributed by atoms with Crippen LogP contribution in [0.2, 0.25) is 0 Å². The summed E-state index contributed by atoms with van der Waals surface area (Å²) in [5, 5.41) is 8.25.